The zero-order chi connectivity index (χ0) is 7.84. The second-order valence-corrected chi connectivity index (χ2v) is 2.26. The monoisotopic (exact) mass is 150 g/mol. The number of methoxy groups -OCH3 is 1. The molecule has 0 amide bonds. The molecule has 1 aromatic rings. The Bertz CT molecular complexity index is 317. The van der Waals surface area contributed by atoms with Crippen molar-refractivity contribution in [1.29, 1.82) is 0 Å². The molecule has 0 saturated carbocycles. The molecule has 56 valence electrons. The van der Waals surface area contributed by atoms with Crippen LogP contribution >= 0.6 is 0 Å². The SMILES string of the molecule is COc1ccc2cc1OC2=O. The van der Waals surface area contributed by atoms with Gasteiger partial charge in [0.2, 0.25) is 0 Å². The molecule has 2 rings (SSSR count). The molecule has 0 aliphatic carbocycles. The van der Waals surface area contributed by atoms with Crippen molar-refractivity contribution < 1.29 is 14.3 Å². The summed E-state index contributed by atoms with van der Waals surface area (Å²) in [5, 5.41) is 0. The number of hydrogen-bond donors (Lipinski definition) is 0. The number of carbonyl (C=O) groups is 1. The topological polar surface area (TPSA) is 35.5 Å². The summed E-state index contributed by atoms with van der Waals surface area (Å²) < 4.78 is 9.79. The van der Waals surface area contributed by atoms with E-state index in [9.17, 15) is 4.79 Å². The lowest BCUT2D eigenvalue weighted by molar-refractivity contribution is 0.0751. The number of ether oxygens (including phenoxy) is 2. The van der Waals surface area contributed by atoms with Gasteiger partial charge in [0.25, 0.3) is 0 Å². The average molecular weight is 150 g/mol. The Kier molecular flexibility index (Phi) is 1.12. The first-order valence-electron chi connectivity index (χ1n) is 3.21. The lowest BCUT2D eigenvalue weighted by atomic mass is 10.2. The van der Waals surface area contributed by atoms with Crippen molar-refractivity contribution in [3.63, 3.8) is 0 Å². The molecular weight excluding hydrogens is 144 g/mol. The van der Waals surface area contributed by atoms with Crippen LogP contribution in [-0.2, 0) is 0 Å². The van der Waals surface area contributed by atoms with Crippen LogP contribution in [-0.4, -0.2) is 13.1 Å². The van der Waals surface area contributed by atoms with Crippen LogP contribution in [0.2, 0.25) is 0 Å². The zero-order valence-electron chi connectivity index (χ0n) is 5.96. The van der Waals surface area contributed by atoms with Gasteiger partial charge >= 0.3 is 5.97 Å². The van der Waals surface area contributed by atoms with Crippen LogP contribution in [0.25, 0.3) is 0 Å². The molecule has 0 atom stereocenters. The van der Waals surface area contributed by atoms with Gasteiger partial charge in [-0.3, -0.25) is 0 Å². The number of benzene rings is 1. The summed E-state index contributed by atoms with van der Waals surface area (Å²) in [5.41, 5.74) is 0.584. The number of carbonyl (C=O) groups excluding carboxylic acids is 1. The van der Waals surface area contributed by atoms with E-state index in [4.69, 9.17) is 9.47 Å². The van der Waals surface area contributed by atoms with Crippen molar-refractivity contribution in [3.05, 3.63) is 23.8 Å². The molecule has 0 aromatic heterocycles. The van der Waals surface area contributed by atoms with Gasteiger partial charge in [-0.1, -0.05) is 0 Å². The molecule has 3 heteroatoms. The highest BCUT2D eigenvalue weighted by Crippen LogP contribution is 2.33. The van der Waals surface area contributed by atoms with Crippen LogP contribution in [0.1, 0.15) is 10.4 Å². The van der Waals surface area contributed by atoms with E-state index in [-0.39, 0.29) is 5.97 Å². The van der Waals surface area contributed by atoms with Crippen molar-refractivity contribution in [2.75, 3.05) is 7.11 Å². The number of rotatable bonds is 1. The highest BCUT2D eigenvalue weighted by molar-refractivity contribution is 5.95. The average Bonchev–Trinajstić information content (AvgIpc) is 2.30. The summed E-state index contributed by atoms with van der Waals surface area (Å²) in [6.45, 7) is 0. The first kappa shape index (κ1) is 6.22. The maximum atomic E-state index is 10.9. The van der Waals surface area contributed by atoms with Gasteiger partial charge in [-0.25, -0.2) is 4.79 Å². The van der Waals surface area contributed by atoms with Gasteiger partial charge in [-0.15, -0.1) is 0 Å². The lowest BCUT2D eigenvalue weighted by Crippen LogP contribution is -1.99. The third-order valence-electron chi connectivity index (χ3n) is 1.60. The van der Waals surface area contributed by atoms with Crippen LogP contribution in [0.15, 0.2) is 18.2 Å². The standard InChI is InChI=1S/C8H6O3/c1-10-6-3-2-5-4-7(6)11-8(5)9/h2-4H,1H3. The number of hydrogen-bond acceptors (Lipinski definition) is 3. The van der Waals surface area contributed by atoms with E-state index in [1.165, 1.54) is 7.11 Å². The van der Waals surface area contributed by atoms with Crippen molar-refractivity contribution in [2.45, 2.75) is 0 Å². The van der Waals surface area contributed by atoms with Crippen LogP contribution in [0.3, 0.4) is 0 Å². The predicted octanol–water partition coefficient (Wildman–Crippen LogP) is 1.23. The van der Waals surface area contributed by atoms with E-state index in [1.807, 2.05) is 0 Å². The second kappa shape index (κ2) is 1.99. The Morgan fingerprint density at radius 3 is 3.00 bits per heavy atom. The third-order valence-corrected chi connectivity index (χ3v) is 1.60. The van der Waals surface area contributed by atoms with Crippen LogP contribution < -0.4 is 9.47 Å². The smallest absolute Gasteiger partial charge is 0.343 e. The van der Waals surface area contributed by atoms with E-state index >= 15 is 0 Å². The van der Waals surface area contributed by atoms with E-state index in [0.29, 0.717) is 17.1 Å². The summed E-state index contributed by atoms with van der Waals surface area (Å²) in [7, 11) is 1.54. The van der Waals surface area contributed by atoms with Gasteiger partial charge in [0.15, 0.2) is 11.5 Å². The van der Waals surface area contributed by atoms with Gasteiger partial charge in [0, 0.05) is 0 Å². The maximum absolute atomic E-state index is 10.9. The molecule has 0 spiro atoms. The molecule has 0 fully saturated rings. The normalized spacial score (nSPS) is 13.0. The van der Waals surface area contributed by atoms with E-state index < -0.39 is 0 Å². The Balaban J connectivity index is 2.55. The lowest BCUT2D eigenvalue weighted by Gasteiger charge is -1.99. The molecule has 1 heterocycles. The van der Waals surface area contributed by atoms with Crippen molar-refractivity contribution >= 4 is 5.97 Å². The summed E-state index contributed by atoms with van der Waals surface area (Å²) in [5.74, 6) is 0.804. The fourth-order valence-electron chi connectivity index (χ4n) is 1.04. The van der Waals surface area contributed by atoms with Gasteiger partial charge < -0.3 is 9.47 Å². The highest BCUT2D eigenvalue weighted by atomic mass is 16.6. The highest BCUT2D eigenvalue weighted by Gasteiger charge is 2.20. The minimum Gasteiger partial charge on any atom is -0.493 e. The van der Waals surface area contributed by atoms with E-state index in [2.05, 4.69) is 0 Å². The Morgan fingerprint density at radius 2 is 2.27 bits per heavy atom. The summed E-state index contributed by atoms with van der Waals surface area (Å²) >= 11 is 0. The van der Waals surface area contributed by atoms with E-state index in [1.54, 1.807) is 18.2 Å². The fourth-order valence-corrected chi connectivity index (χ4v) is 1.04. The molecule has 3 nitrogen and oxygen atoms in total. The quantitative estimate of drug-likeness (QED) is 0.565. The van der Waals surface area contributed by atoms with E-state index in [0.717, 1.165) is 0 Å². The van der Waals surface area contributed by atoms with Crippen molar-refractivity contribution in [1.82, 2.24) is 0 Å². The van der Waals surface area contributed by atoms with Crippen LogP contribution in [0.4, 0.5) is 0 Å². The largest absolute Gasteiger partial charge is 0.493 e. The first-order chi connectivity index (χ1) is 5.31. The van der Waals surface area contributed by atoms with Crippen molar-refractivity contribution in [3.8, 4) is 11.5 Å². The zero-order valence-corrected chi connectivity index (χ0v) is 5.96. The summed E-state index contributed by atoms with van der Waals surface area (Å²) in [4.78, 5) is 10.9. The Hall–Kier alpha value is -1.51. The minimum absolute atomic E-state index is 0.302. The predicted molar refractivity (Wildman–Crippen MR) is 38.0 cm³/mol. The van der Waals surface area contributed by atoms with Gasteiger partial charge in [0.1, 0.15) is 0 Å². The molecular formula is C8H6O3. The van der Waals surface area contributed by atoms with Gasteiger partial charge in [-0.2, -0.15) is 0 Å². The van der Waals surface area contributed by atoms with Gasteiger partial charge in [0.05, 0.1) is 12.7 Å². The molecule has 0 N–H and O–H groups in total. The Labute approximate surface area is 63.5 Å². The molecule has 1 aliphatic rings. The fraction of sp³-hybridized carbons (Fsp3) is 0.125. The molecule has 0 saturated heterocycles. The number of esters is 1. The first-order valence-corrected chi connectivity index (χ1v) is 3.21. The molecule has 0 radical (unpaired) electrons. The van der Waals surface area contributed by atoms with Gasteiger partial charge in [-0.05, 0) is 18.2 Å². The molecule has 2 bridgehead atoms. The molecule has 1 aromatic carbocycles. The summed E-state index contributed by atoms with van der Waals surface area (Å²) in [6, 6.07) is 5.06. The molecule has 11 heavy (non-hydrogen) atoms. The van der Waals surface area contributed by atoms with Crippen molar-refractivity contribution in [2.24, 2.45) is 0 Å². The van der Waals surface area contributed by atoms with Crippen LogP contribution in [0, 0.1) is 0 Å². The Morgan fingerprint density at radius 1 is 1.45 bits per heavy atom. The maximum Gasteiger partial charge on any atom is 0.343 e. The minimum atomic E-state index is -0.302. The molecule has 0 unspecified atom stereocenters. The third kappa shape index (κ3) is 0.774. The molecule has 1 aliphatic heterocycles. The summed E-state index contributed by atoms with van der Waals surface area (Å²) in [6.07, 6.45) is 0. The number of fused-ring (bicyclic) bond motifs is 2. The second-order valence-electron chi connectivity index (χ2n) is 2.26. The van der Waals surface area contributed by atoms with Crippen LogP contribution in [0.5, 0.6) is 11.5 Å².